The first-order valence-electron chi connectivity index (χ1n) is 12.7. The Morgan fingerprint density at radius 3 is 2.54 bits per heavy atom. The second-order valence-electron chi connectivity index (χ2n) is 10.8. The van der Waals surface area contributed by atoms with E-state index in [1.54, 1.807) is 24.2 Å². The van der Waals surface area contributed by atoms with Crippen LogP contribution >= 0.6 is 0 Å². The van der Waals surface area contributed by atoms with E-state index in [2.05, 4.69) is 59.2 Å². The molecule has 37 heavy (non-hydrogen) atoms. The number of hydrogen-bond acceptors (Lipinski definition) is 8. The maximum absolute atomic E-state index is 12.0. The highest BCUT2D eigenvalue weighted by Crippen LogP contribution is 2.39. The highest BCUT2D eigenvalue weighted by Gasteiger charge is 2.38. The van der Waals surface area contributed by atoms with Crippen LogP contribution < -0.4 is 10.2 Å². The minimum Gasteiger partial charge on any atom is -0.368 e. The van der Waals surface area contributed by atoms with Gasteiger partial charge < -0.3 is 15.1 Å². The molecule has 1 aromatic carbocycles. The summed E-state index contributed by atoms with van der Waals surface area (Å²) in [5, 5.41) is 5.49. The van der Waals surface area contributed by atoms with Gasteiger partial charge >= 0.3 is 0 Å². The largest absolute Gasteiger partial charge is 0.368 e. The van der Waals surface area contributed by atoms with Crippen molar-refractivity contribution in [2.75, 3.05) is 42.4 Å². The summed E-state index contributed by atoms with van der Waals surface area (Å²) >= 11 is 0. The lowest BCUT2D eigenvalue weighted by Crippen LogP contribution is -2.57. The molecule has 2 aliphatic heterocycles. The molecule has 5 rings (SSSR count). The van der Waals surface area contributed by atoms with Gasteiger partial charge in [0.25, 0.3) is 0 Å². The van der Waals surface area contributed by atoms with Crippen molar-refractivity contribution in [3.8, 4) is 0 Å². The second-order valence-corrected chi connectivity index (χ2v) is 13.0. The number of likely N-dealkylation sites (tertiary alicyclic amines) is 1. The Hall–Kier alpha value is -3.27. The zero-order valence-electron chi connectivity index (χ0n) is 22.0. The standard InChI is InChI=1S/C27H34N6O3S/c1-16(2)20-6-7-23(33-14-19(17(33)3)15-37(5,35)36)22-12-29-25(11-21(20)22)30-24-8-9-28-27(31-24)18-10-26(34)32(4)13-18/h6-9,11-12,16-19H,10,13-15H2,1-5H3,(H,28,29,30,31)/t17-,18-,19-/m1/s1. The van der Waals surface area contributed by atoms with Crippen LogP contribution in [0.1, 0.15) is 50.4 Å². The molecule has 2 saturated heterocycles. The zero-order chi connectivity index (χ0) is 26.5. The number of benzene rings is 1. The number of amides is 1. The molecule has 1 amide bonds. The maximum Gasteiger partial charge on any atom is 0.223 e. The van der Waals surface area contributed by atoms with Crippen LogP contribution in [0, 0.1) is 5.92 Å². The van der Waals surface area contributed by atoms with E-state index in [4.69, 9.17) is 4.98 Å². The van der Waals surface area contributed by atoms with Gasteiger partial charge in [-0.15, -0.1) is 0 Å². The molecule has 9 nitrogen and oxygen atoms in total. The molecule has 2 fully saturated rings. The monoisotopic (exact) mass is 522 g/mol. The number of hydrogen-bond donors (Lipinski definition) is 1. The molecular weight excluding hydrogens is 488 g/mol. The van der Waals surface area contributed by atoms with Crippen LogP contribution in [-0.4, -0.2) is 72.4 Å². The summed E-state index contributed by atoms with van der Waals surface area (Å²) in [6, 6.07) is 8.30. The fourth-order valence-electron chi connectivity index (χ4n) is 5.46. The maximum atomic E-state index is 12.0. The first-order chi connectivity index (χ1) is 17.5. The van der Waals surface area contributed by atoms with Crippen molar-refractivity contribution in [1.82, 2.24) is 19.9 Å². The molecular formula is C27H34N6O3S. The van der Waals surface area contributed by atoms with Gasteiger partial charge in [0.1, 0.15) is 27.3 Å². The third-order valence-corrected chi connectivity index (χ3v) is 8.64. The van der Waals surface area contributed by atoms with Crippen molar-refractivity contribution in [1.29, 1.82) is 0 Å². The Kier molecular flexibility index (Phi) is 6.55. The molecule has 2 aromatic heterocycles. The summed E-state index contributed by atoms with van der Waals surface area (Å²) in [6.07, 6.45) is 5.33. The molecule has 3 aromatic rings. The number of likely N-dealkylation sites (N-methyl/N-ethyl adjacent to an activating group) is 1. The highest BCUT2D eigenvalue weighted by molar-refractivity contribution is 7.90. The summed E-state index contributed by atoms with van der Waals surface area (Å²) in [6.45, 7) is 7.77. The van der Waals surface area contributed by atoms with Crippen LogP contribution in [0.3, 0.4) is 0 Å². The third kappa shape index (κ3) is 5.12. The minimum atomic E-state index is -3.01. The van der Waals surface area contributed by atoms with E-state index in [-0.39, 0.29) is 29.5 Å². The van der Waals surface area contributed by atoms with E-state index in [1.807, 2.05) is 6.20 Å². The van der Waals surface area contributed by atoms with Gasteiger partial charge in [0.15, 0.2) is 0 Å². The number of nitrogens with one attached hydrogen (secondary N) is 1. The van der Waals surface area contributed by atoms with Gasteiger partial charge in [-0.3, -0.25) is 4.79 Å². The second kappa shape index (κ2) is 9.55. The normalized spacial score (nSPS) is 22.1. The average Bonchev–Trinajstić information content (AvgIpc) is 3.18. The fourth-order valence-corrected chi connectivity index (χ4v) is 6.62. The van der Waals surface area contributed by atoms with Gasteiger partial charge in [0.05, 0.1) is 5.75 Å². The van der Waals surface area contributed by atoms with E-state index in [0.29, 0.717) is 42.9 Å². The van der Waals surface area contributed by atoms with Gasteiger partial charge in [0.2, 0.25) is 5.91 Å². The number of nitrogens with zero attached hydrogens (tertiary/aromatic N) is 5. The molecule has 0 spiro atoms. The molecule has 1 N–H and O–H groups in total. The summed E-state index contributed by atoms with van der Waals surface area (Å²) in [7, 11) is -1.21. The molecule has 0 saturated carbocycles. The van der Waals surface area contributed by atoms with E-state index in [1.165, 1.54) is 11.8 Å². The quantitative estimate of drug-likeness (QED) is 0.500. The van der Waals surface area contributed by atoms with Gasteiger partial charge in [0, 0.05) is 74.2 Å². The number of carbonyl (C=O) groups excluding carboxylic acids is 1. The van der Waals surface area contributed by atoms with E-state index in [9.17, 15) is 13.2 Å². The van der Waals surface area contributed by atoms with Crippen LogP contribution in [0.25, 0.3) is 10.8 Å². The topological polar surface area (TPSA) is 108 Å². The first-order valence-corrected chi connectivity index (χ1v) is 14.8. The van der Waals surface area contributed by atoms with Crippen molar-refractivity contribution in [2.45, 2.75) is 45.1 Å². The number of carbonyl (C=O) groups is 1. The molecule has 0 radical (unpaired) electrons. The van der Waals surface area contributed by atoms with Crippen LogP contribution in [0.2, 0.25) is 0 Å². The van der Waals surface area contributed by atoms with Gasteiger partial charge in [-0.05, 0) is 42.0 Å². The van der Waals surface area contributed by atoms with Crippen LogP contribution in [0.5, 0.6) is 0 Å². The predicted octanol–water partition coefficient (Wildman–Crippen LogP) is 3.71. The molecule has 0 aliphatic carbocycles. The summed E-state index contributed by atoms with van der Waals surface area (Å²) < 4.78 is 23.6. The fraction of sp³-hybridized carbons (Fsp3) is 0.481. The summed E-state index contributed by atoms with van der Waals surface area (Å²) in [5.74, 6) is 2.74. The predicted molar refractivity (Wildman–Crippen MR) is 146 cm³/mol. The lowest BCUT2D eigenvalue weighted by molar-refractivity contribution is -0.126. The van der Waals surface area contributed by atoms with Crippen molar-refractivity contribution in [3.63, 3.8) is 0 Å². The number of rotatable bonds is 7. The van der Waals surface area contributed by atoms with Crippen LogP contribution in [-0.2, 0) is 14.6 Å². The molecule has 196 valence electrons. The van der Waals surface area contributed by atoms with Crippen LogP contribution in [0.15, 0.2) is 36.7 Å². The van der Waals surface area contributed by atoms with Gasteiger partial charge in [-0.25, -0.2) is 23.4 Å². The average molecular weight is 523 g/mol. The molecule has 10 heteroatoms. The van der Waals surface area contributed by atoms with Gasteiger partial charge in [-0.1, -0.05) is 19.9 Å². The molecule has 2 aliphatic rings. The van der Waals surface area contributed by atoms with Crippen molar-refractivity contribution in [2.24, 2.45) is 5.92 Å². The number of fused-ring (bicyclic) bond motifs is 1. The van der Waals surface area contributed by atoms with Crippen molar-refractivity contribution >= 4 is 43.8 Å². The number of aromatic nitrogens is 3. The smallest absolute Gasteiger partial charge is 0.223 e. The Morgan fingerprint density at radius 2 is 1.89 bits per heavy atom. The Bertz CT molecular complexity index is 1460. The third-order valence-electron chi connectivity index (χ3n) is 7.60. The molecule has 0 bridgehead atoms. The lowest BCUT2D eigenvalue weighted by Gasteiger charge is -2.48. The molecule has 4 heterocycles. The Morgan fingerprint density at radius 1 is 1.11 bits per heavy atom. The first kappa shape index (κ1) is 25.4. The summed E-state index contributed by atoms with van der Waals surface area (Å²) in [4.78, 5) is 29.7. The minimum absolute atomic E-state index is 0.0102. The number of anilines is 3. The molecule has 0 unspecified atom stereocenters. The highest BCUT2D eigenvalue weighted by atomic mass is 32.2. The Labute approximate surface area is 218 Å². The Balaban J connectivity index is 1.43. The SMILES string of the molecule is CC(C)c1ccc(N2C[C@H](CS(C)(=O)=O)[C@H]2C)c2cnc(Nc3ccnc([C@@H]4CC(=O)N(C)C4)n3)cc12. The number of sulfone groups is 1. The van der Waals surface area contributed by atoms with E-state index in [0.717, 1.165) is 16.5 Å². The van der Waals surface area contributed by atoms with E-state index >= 15 is 0 Å². The van der Waals surface area contributed by atoms with Crippen LogP contribution in [0.4, 0.5) is 17.3 Å². The van der Waals surface area contributed by atoms with Crippen molar-refractivity contribution < 1.29 is 13.2 Å². The van der Waals surface area contributed by atoms with Gasteiger partial charge in [-0.2, -0.15) is 0 Å². The summed E-state index contributed by atoms with van der Waals surface area (Å²) in [5.41, 5.74) is 2.30. The lowest BCUT2D eigenvalue weighted by atomic mass is 9.88. The number of pyridine rings is 1. The van der Waals surface area contributed by atoms with Crippen molar-refractivity contribution in [3.05, 3.63) is 48.0 Å². The van der Waals surface area contributed by atoms with E-state index < -0.39 is 9.84 Å². The molecule has 3 atom stereocenters. The zero-order valence-corrected chi connectivity index (χ0v) is 22.8.